The van der Waals surface area contributed by atoms with E-state index >= 15 is 0 Å². The van der Waals surface area contributed by atoms with Crippen molar-refractivity contribution in [3.05, 3.63) is 35.4 Å². The zero-order chi connectivity index (χ0) is 19.7. The Bertz CT molecular complexity index is 863. The number of aliphatic imine (C=N–C) groups is 1. The molecule has 150 valence electrons. The highest BCUT2D eigenvalue weighted by molar-refractivity contribution is 9.09. The predicted octanol–water partition coefficient (Wildman–Crippen LogP) is 3.25. The van der Waals surface area contributed by atoms with E-state index in [1.54, 1.807) is 27.7 Å². The van der Waals surface area contributed by atoms with Crippen LogP contribution in [0.1, 0.15) is 23.0 Å². The molecule has 2 aliphatic heterocycles. The van der Waals surface area contributed by atoms with Crippen LogP contribution in [0.5, 0.6) is 17.2 Å². The van der Waals surface area contributed by atoms with Crippen LogP contribution < -0.4 is 14.2 Å². The minimum atomic E-state index is -0.0657. The van der Waals surface area contributed by atoms with Crippen LogP contribution in [0.25, 0.3) is 0 Å². The lowest BCUT2D eigenvalue weighted by atomic mass is 9.95. The van der Waals surface area contributed by atoms with Crippen molar-refractivity contribution in [1.82, 2.24) is 14.9 Å². The summed E-state index contributed by atoms with van der Waals surface area (Å²) in [5, 5.41) is 2.47. The summed E-state index contributed by atoms with van der Waals surface area (Å²) < 4.78 is 16.7. The van der Waals surface area contributed by atoms with E-state index in [-0.39, 0.29) is 6.04 Å². The third-order valence-corrected chi connectivity index (χ3v) is 7.48. The van der Waals surface area contributed by atoms with Crippen molar-refractivity contribution < 1.29 is 14.2 Å². The van der Waals surface area contributed by atoms with Gasteiger partial charge in [-0.2, -0.15) is 0 Å². The van der Waals surface area contributed by atoms with Gasteiger partial charge in [0.05, 0.1) is 39.9 Å². The van der Waals surface area contributed by atoms with E-state index in [4.69, 9.17) is 19.2 Å². The molecular formula is C19H23BrN4O3S. The number of thioether (sulfide) groups is 1. The quantitative estimate of drug-likeness (QED) is 0.681. The number of rotatable bonds is 5. The Labute approximate surface area is 177 Å². The van der Waals surface area contributed by atoms with Crippen molar-refractivity contribution in [3.63, 3.8) is 0 Å². The summed E-state index contributed by atoms with van der Waals surface area (Å²) in [5.41, 5.74) is 3.22. The molecule has 0 fully saturated rings. The second-order valence-corrected chi connectivity index (χ2v) is 8.50. The normalized spacial score (nSPS) is 21.3. The number of nitrogens with one attached hydrogen (secondary N) is 1. The van der Waals surface area contributed by atoms with Crippen LogP contribution in [0.4, 0.5) is 0 Å². The number of halogens is 1. The van der Waals surface area contributed by atoms with E-state index in [1.807, 2.05) is 23.9 Å². The number of nitrogens with zero attached hydrogens (tertiary/aromatic N) is 3. The number of ether oxygens (including phenoxy) is 3. The Morgan fingerprint density at radius 1 is 1.21 bits per heavy atom. The molecule has 2 aromatic rings. The van der Waals surface area contributed by atoms with Gasteiger partial charge in [-0.05, 0) is 17.7 Å². The van der Waals surface area contributed by atoms with Gasteiger partial charge in [0, 0.05) is 29.2 Å². The fourth-order valence-corrected chi connectivity index (χ4v) is 5.31. The molecule has 9 heteroatoms. The van der Waals surface area contributed by atoms with E-state index in [9.17, 15) is 0 Å². The molecule has 1 N–H and O–H groups in total. The number of alkyl halides is 1. The molecule has 1 aromatic heterocycles. The van der Waals surface area contributed by atoms with Crippen molar-refractivity contribution in [2.24, 2.45) is 4.99 Å². The standard InChI is InChI=1S/C19H23BrN4O3S/c1-25-14-6-11(7-15(26-2)18(14)27-3)17-16-13(22-10-23-16)4-5-24(17)19-21-9-12(8-20)28-19/h6-7,10,12,17H,4-5,8-9H2,1-3H3,(H,22,23). The summed E-state index contributed by atoms with van der Waals surface area (Å²) in [4.78, 5) is 15.1. The van der Waals surface area contributed by atoms with E-state index in [2.05, 4.69) is 30.8 Å². The lowest BCUT2D eigenvalue weighted by Crippen LogP contribution is -2.39. The molecule has 0 radical (unpaired) electrons. The minimum Gasteiger partial charge on any atom is -0.493 e. The summed E-state index contributed by atoms with van der Waals surface area (Å²) in [6.07, 6.45) is 2.68. The van der Waals surface area contributed by atoms with Crippen molar-refractivity contribution in [3.8, 4) is 17.2 Å². The monoisotopic (exact) mass is 466 g/mol. The first-order valence-corrected chi connectivity index (χ1v) is 11.1. The Kier molecular flexibility index (Phi) is 5.73. The SMILES string of the molecule is COc1cc(C2c3nc[nH]c3CCN2C2=NCC(CBr)S2)cc(OC)c1OC. The highest BCUT2D eigenvalue weighted by atomic mass is 79.9. The number of H-pyrrole nitrogens is 1. The third-order valence-electron chi connectivity index (χ3n) is 5.05. The first kappa shape index (κ1) is 19.4. The maximum absolute atomic E-state index is 5.58. The van der Waals surface area contributed by atoms with Gasteiger partial charge in [-0.15, -0.1) is 0 Å². The van der Waals surface area contributed by atoms with Gasteiger partial charge < -0.3 is 24.1 Å². The molecule has 2 aliphatic rings. The van der Waals surface area contributed by atoms with Crippen LogP contribution in [0.3, 0.4) is 0 Å². The van der Waals surface area contributed by atoms with Gasteiger partial charge in [0.25, 0.3) is 0 Å². The summed E-state index contributed by atoms with van der Waals surface area (Å²) in [5.74, 6) is 1.86. The molecule has 0 saturated heterocycles. The number of hydrogen-bond acceptors (Lipinski definition) is 7. The fourth-order valence-electron chi connectivity index (χ4n) is 3.72. The lowest BCUT2D eigenvalue weighted by Gasteiger charge is -2.36. The number of amidine groups is 1. The average molecular weight is 467 g/mol. The molecule has 0 spiro atoms. The largest absolute Gasteiger partial charge is 0.493 e. The number of methoxy groups -OCH3 is 3. The Morgan fingerprint density at radius 3 is 2.57 bits per heavy atom. The smallest absolute Gasteiger partial charge is 0.203 e. The second kappa shape index (κ2) is 8.24. The molecule has 28 heavy (non-hydrogen) atoms. The number of imidazole rings is 1. The van der Waals surface area contributed by atoms with E-state index in [1.165, 1.54) is 0 Å². The Morgan fingerprint density at radius 2 is 1.96 bits per heavy atom. The fraction of sp³-hybridized carbons (Fsp3) is 0.474. The highest BCUT2D eigenvalue weighted by Gasteiger charge is 2.36. The third kappa shape index (κ3) is 3.34. The van der Waals surface area contributed by atoms with Crippen LogP contribution in [0, 0.1) is 0 Å². The molecule has 1 aromatic carbocycles. The molecule has 0 saturated carbocycles. The maximum Gasteiger partial charge on any atom is 0.203 e. The van der Waals surface area contributed by atoms with Crippen LogP contribution >= 0.6 is 27.7 Å². The summed E-state index contributed by atoms with van der Waals surface area (Å²) in [7, 11) is 4.89. The summed E-state index contributed by atoms with van der Waals surface area (Å²) in [6, 6.07) is 3.94. The number of fused-ring (bicyclic) bond motifs is 1. The lowest BCUT2D eigenvalue weighted by molar-refractivity contribution is 0.315. The van der Waals surface area contributed by atoms with Crippen molar-refractivity contribution in [2.75, 3.05) is 39.7 Å². The van der Waals surface area contributed by atoms with Gasteiger partial charge >= 0.3 is 0 Å². The summed E-state index contributed by atoms with van der Waals surface area (Å²) in [6.45, 7) is 1.70. The average Bonchev–Trinajstić information content (AvgIpc) is 3.40. The van der Waals surface area contributed by atoms with E-state index < -0.39 is 0 Å². The van der Waals surface area contributed by atoms with E-state index in [0.29, 0.717) is 22.5 Å². The zero-order valence-corrected chi connectivity index (χ0v) is 18.5. The molecule has 0 aliphatic carbocycles. The van der Waals surface area contributed by atoms with Crippen LogP contribution in [-0.4, -0.2) is 65.0 Å². The molecule has 4 rings (SSSR count). The minimum absolute atomic E-state index is 0.0657. The predicted molar refractivity (Wildman–Crippen MR) is 114 cm³/mol. The first-order valence-electron chi connectivity index (χ1n) is 9.05. The van der Waals surface area contributed by atoms with E-state index in [0.717, 1.165) is 47.0 Å². The topological polar surface area (TPSA) is 72.0 Å². The van der Waals surface area contributed by atoms with Crippen LogP contribution in [0.15, 0.2) is 23.5 Å². The zero-order valence-electron chi connectivity index (χ0n) is 16.1. The van der Waals surface area contributed by atoms with Crippen LogP contribution in [0.2, 0.25) is 0 Å². The van der Waals surface area contributed by atoms with Crippen molar-refractivity contribution >= 4 is 32.9 Å². The molecule has 0 bridgehead atoms. The van der Waals surface area contributed by atoms with Gasteiger partial charge in [-0.3, -0.25) is 4.99 Å². The van der Waals surface area contributed by atoms with Gasteiger partial charge in [0.1, 0.15) is 6.04 Å². The highest BCUT2D eigenvalue weighted by Crippen LogP contribution is 2.44. The molecule has 0 amide bonds. The molecule has 2 atom stereocenters. The van der Waals surface area contributed by atoms with Gasteiger partial charge in [-0.1, -0.05) is 27.7 Å². The van der Waals surface area contributed by atoms with Gasteiger partial charge in [-0.25, -0.2) is 4.98 Å². The second-order valence-electron chi connectivity index (χ2n) is 6.59. The van der Waals surface area contributed by atoms with Crippen molar-refractivity contribution in [2.45, 2.75) is 17.7 Å². The molecule has 7 nitrogen and oxygen atoms in total. The van der Waals surface area contributed by atoms with Crippen molar-refractivity contribution in [1.29, 1.82) is 0 Å². The maximum atomic E-state index is 5.58. The van der Waals surface area contributed by atoms with Crippen LogP contribution in [-0.2, 0) is 6.42 Å². The summed E-state index contributed by atoms with van der Waals surface area (Å²) >= 11 is 5.41. The van der Waals surface area contributed by atoms with Gasteiger partial charge in [0.2, 0.25) is 5.75 Å². The van der Waals surface area contributed by atoms with Gasteiger partial charge in [0.15, 0.2) is 16.7 Å². The number of hydrogen-bond donors (Lipinski definition) is 1. The molecule has 3 heterocycles. The Balaban J connectivity index is 1.80. The molecular weight excluding hydrogens is 444 g/mol. The first-order chi connectivity index (χ1) is 13.7. The molecule has 2 unspecified atom stereocenters. The number of benzene rings is 1. The Hall–Kier alpha value is -1.87. The number of aromatic amines is 1. The number of aromatic nitrogens is 2.